The molecule has 2 aromatic rings. The number of rotatable bonds is 8. The Morgan fingerprint density at radius 3 is 2.71 bits per heavy atom. The van der Waals surface area contributed by atoms with Crippen molar-refractivity contribution in [3.05, 3.63) is 18.5 Å². The summed E-state index contributed by atoms with van der Waals surface area (Å²) in [5.41, 5.74) is 2.40. The van der Waals surface area contributed by atoms with Crippen molar-refractivity contribution in [2.45, 2.75) is 13.8 Å². The van der Waals surface area contributed by atoms with Gasteiger partial charge >= 0.3 is 6.01 Å². The van der Waals surface area contributed by atoms with Crippen molar-refractivity contribution in [1.82, 2.24) is 29.6 Å². The average molecular weight is 292 g/mol. The first-order chi connectivity index (χ1) is 10.3. The fourth-order valence-corrected chi connectivity index (χ4v) is 1.77. The van der Waals surface area contributed by atoms with Crippen molar-refractivity contribution in [3.63, 3.8) is 0 Å². The van der Waals surface area contributed by atoms with Crippen LogP contribution in [0, 0.1) is 0 Å². The fraction of sp³-hybridized carbons (Fsp3) is 0.500. The van der Waals surface area contributed by atoms with Crippen LogP contribution in [0.4, 0.5) is 5.95 Å². The molecule has 3 N–H and O–H groups in total. The summed E-state index contributed by atoms with van der Waals surface area (Å²) in [6.07, 6.45) is 3.37. The number of hydrazine groups is 1. The molecule has 0 fully saturated rings. The number of anilines is 1. The summed E-state index contributed by atoms with van der Waals surface area (Å²) in [6, 6.07) is 2.00. The summed E-state index contributed by atoms with van der Waals surface area (Å²) in [4.78, 5) is 14.7. The topological polar surface area (TPSA) is 107 Å². The highest BCUT2D eigenvalue weighted by atomic mass is 16.5. The zero-order valence-corrected chi connectivity index (χ0v) is 12.2. The number of nitrogens with one attached hydrogen (secondary N) is 1. The van der Waals surface area contributed by atoms with Gasteiger partial charge in [0.25, 0.3) is 5.95 Å². The molecule has 0 saturated heterocycles. The Kier molecular flexibility index (Phi) is 5.41. The largest absolute Gasteiger partial charge is 0.462 e. The Morgan fingerprint density at radius 2 is 2.10 bits per heavy atom. The van der Waals surface area contributed by atoms with E-state index in [9.17, 15) is 0 Å². The number of hydrogen-bond acceptors (Lipinski definition) is 8. The molecule has 0 aliphatic heterocycles. The maximum atomic E-state index is 5.58. The van der Waals surface area contributed by atoms with Crippen LogP contribution in [0.3, 0.4) is 0 Å². The van der Waals surface area contributed by atoms with E-state index in [-0.39, 0.29) is 12.0 Å². The molecular weight excluding hydrogens is 272 g/mol. The Morgan fingerprint density at radius 1 is 1.29 bits per heavy atom. The highest BCUT2D eigenvalue weighted by molar-refractivity contribution is 5.28. The van der Waals surface area contributed by atoms with Crippen LogP contribution in [-0.4, -0.2) is 55.9 Å². The fourth-order valence-electron chi connectivity index (χ4n) is 1.77. The van der Waals surface area contributed by atoms with Gasteiger partial charge < -0.3 is 9.64 Å². The summed E-state index contributed by atoms with van der Waals surface area (Å²) < 4.78 is 7.09. The van der Waals surface area contributed by atoms with E-state index in [1.54, 1.807) is 18.5 Å². The van der Waals surface area contributed by atoms with Crippen LogP contribution in [0.2, 0.25) is 0 Å². The van der Waals surface area contributed by atoms with E-state index in [0.717, 1.165) is 19.6 Å². The SMILES string of the molecule is CCN(CC)CCOc1nc(NN)nc(-n2cccn2)n1. The predicted octanol–water partition coefficient (Wildman–Crippen LogP) is 0.0635. The number of nitrogens with two attached hydrogens (primary N) is 1. The van der Waals surface area contributed by atoms with Gasteiger partial charge in [0.1, 0.15) is 6.61 Å². The summed E-state index contributed by atoms with van der Waals surface area (Å²) in [5, 5.41) is 4.07. The standard InChI is InChI=1S/C12H20N8O/c1-3-19(4-2)8-9-21-12-16-10(18-13)15-11(17-12)20-7-5-6-14-20/h5-7H,3-4,8-9,13H2,1-2H3,(H,15,16,17,18). The lowest BCUT2D eigenvalue weighted by atomic mass is 10.5. The lowest BCUT2D eigenvalue weighted by Crippen LogP contribution is -2.28. The number of nitrogen functional groups attached to an aromatic ring is 1. The molecule has 114 valence electrons. The van der Waals surface area contributed by atoms with Crippen molar-refractivity contribution in [2.75, 3.05) is 31.7 Å². The second kappa shape index (κ2) is 7.50. The molecule has 2 rings (SSSR count). The summed E-state index contributed by atoms with van der Waals surface area (Å²) in [5.74, 6) is 5.94. The maximum absolute atomic E-state index is 5.58. The normalized spacial score (nSPS) is 10.9. The Labute approximate surface area is 123 Å². The summed E-state index contributed by atoms with van der Waals surface area (Å²) in [7, 11) is 0. The van der Waals surface area contributed by atoms with E-state index in [2.05, 4.69) is 44.2 Å². The van der Waals surface area contributed by atoms with Crippen LogP contribution in [0.5, 0.6) is 6.01 Å². The van der Waals surface area contributed by atoms with Gasteiger partial charge in [-0.2, -0.15) is 20.1 Å². The van der Waals surface area contributed by atoms with Gasteiger partial charge in [0.2, 0.25) is 5.95 Å². The number of aromatic nitrogens is 5. The quantitative estimate of drug-likeness (QED) is 0.519. The molecule has 0 radical (unpaired) electrons. The van der Waals surface area contributed by atoms with Gasteiger partial charge in [-0.05, 0) is 19.2 Å². The van der Waals surface area contributed by atoms with Gasteiger partial charge in [0.15, 0.2) is 0 Å². The zero-order valence-electron chi connectivity index (χ0n) is 12.2. The van der Waals surface area contributed by atoms with E-state index in [1.807, 2.05) is 0 Å². The Bertz CT molecular complexity index is 540. The molecule has 9 heteroatoms. The molecule has 0 aliphatic rings. The van der Waals surface area contributed by atoms with Gasteiger partial charge in [-0.3, -0.25) is 5.43 Å². The average Bonchev–Trinajstić information content (AvgIpc) is 3.05. The molecule has 2 aromatic heterocycles. The molecule has 21 heavy (non-hydrogen) atoms. The minimum atomic E-state index is 0.218. The molecule has 9 nitrogen and oxygen atoms in total. The van der Waals surface area contributed by atoms with Crippen LogP contribution in [0.1, 0.15) is 13.8 Å². The first kappa shape index (κ1) is 15.1. The highest BCUT2D eigenvalue weighted by Crippen LogP contribution is 2.09. The van der Waals surface area contributed by atoms with Crippen molar-refractivity contribution < 1.29 is 4.74 Å². The van der Waals surface area contributed by atoms with Crippen molar-refractivity contribution >= 4 is 5.95 Å². The molecule has 0 unspecified atom stereocenters. The highest BCUT2D eigenvalue weighted by Gasteiger charge is 2.09. The third-order valence-corrected chi connectivity index (χ3v) is 2.97. The second-order valence-corrected chi connectivity index (χ2v) is 4.21. The summed E-state index contributed by atoms with van der Waals surface area (Å²) >= 11 is 0. The van der Waals surface area contributed by atoms with E-state index < -0.39 is 0 Å². The van der Waals surface area contributed by atoms with Crippen molar-refractivity contribution in [3.8, 4) is 12.0 Å². The lowest BCUT2D eigenvalue weighted by Gasteiger charge is -2.17. The lowest BCUT2D eigenvalue weighted by molar-refractivity contribution is 0.212. The van der Waals surface area contributed by atoms with Gasteiger partial charge in [0, 0.05) is 18.9 Å². The zero-order chi connectivity index (χ0) is 15.1. The van der Waals surface area contributed by atoms with Crippen LogP contribution < -0.4 is 16.0 Å². The van der Waals surface area contributed by atoms with E-state index in [4.69, 9.17) is 10.6 Å². The smallest absolute Gasteiger partial charge is 0.323 e. The third-order valence-electron chi connectivity index (χ3n) is 2.97. The van der Waals surface area contributed by atoms with Crippen LogP contribution in [-0.2, 0) is 0 Å². The molecule has 0 aromatic carbocycles. The first-order valence-electron chi connectivity index (χ1n) is 6.84. The number of likely N-dealkylation sites (N-methyl/N-ethyl adjacent to an activating group) is 1. The minimum absolute atomic E-state index is 0.218. The molecule has 0 saturated carbocycles. The number of nitrogens with zero attached hydrogens (tertiary/aromatic N) is 6. The van der Waals surface area contributed by atoms with Crippen LogP contribution >= 0.6 is 0 Å². The molecule has 0 bridgehead atoms. The molecule has 0 amide bonds. The van der Waals surface area contributed by atoms with Gasteiger partial charge in [0.05, 0.1) is 0 Å². The third kappa shape index (κ3) is 4.10. The minimum Gasteiger partial charge on any atom is -0.462 e. The van der Waals surface area contributed by atoms with Crippen LogP contribution in [0.15, 0.2) is 18.5 Å². The molecule has 0 atom stereocenters. The Hall–Kier alpha value is -2.26. The molecule has 2 heterocycles. The van der Waals surface area contributed by atoms with Gasteiger partial charge in [-0.15, -0.1) is 0 Å². The number of hydrogen-bond donors (Lipinski definition) is 2. The molecule has 0 aliphatic carbocycles. The van der Waals surface area contributed by atoms with Gasteiger partial charge in [-0.25, -0.2) is 10.5 Å². The van der Waals surface area contributed by atoms with Crippen molar-refractivity contribution in [1.29, 1.82) is 0 Å². The van der Waals surface area contributed by atoms with E-state index in [1.165, 1.54) is 4.68 Å². The second-order valence-electron chi connectivity index (χ2n) is 4.21. The molecular formula is C12H20N8O. The first-order valence-corrected chi connectivity index (χ1v) is 6.84. The number of ether oxygens (including phenoxy) is 1. The molecule has 0 spiro atoms. The monoisotopic (exact) mass is 292 g/mol. The maximum Gasteiger partial charge on any atom is 0.323 e. The van der Waals surface area contributed by atoms with Crippen LogP contribution in [0.25, 0.3) is 5.95 Å². The Balaban J connectivity index is 2.07. The van der Waals surface area contributed by atoms with Gasteiger partial charge in [-0.1, -0.05) is 13.8 Å². The predicted molar refractivity (Wildman–Crippen MR) is 78.0 cm³/mol. The van der Waals surface area contributed by atoms with E-state index >= 15 is 0 Å². The van der Waals surface area contributed by atoms with E-state index in [0.29, 0.717) is 12.6 Å². The summed E-state index contributed by atoms with van der Waals surface area (Å²) in [6.45, 7) is 7.48. The van der Waals surface area contributed by atoms with Crippen molar-refractivity contribution in [2.24, 2.45) is 5.84 Å².